The zero-order valence-electron chi connectivity index (χ0n) is 16.4. The second-order valence-electron chi connectivity index (χ2n) is 7.77. The summed E-state index contributed by atoms with van der Waals surface area (Å²) in [6.07, 6.45) is 3.63. The Bertz CT molecular complexity index is 884. The third-order valence-electron chi connectivity index (χ3n) is 5.54. The number of rotatable bonds is 4. The highest BCUT2D eigenvalue weighted by Crippen LogP contribution is 2.27. The topological polar surface area (TPSA) is 62.6 Å². The molecule has 2 atom stereocenters. The Morgan fingerprint density at radius 3 is 2.50 bits per heavy atom. The van der Waals surface area contributed by atoms with Crippen LogP contribution in [0.15, 0.2) is 39.9 Å². The quantitative estimate of drug-likeness (QED) is 0.776. The lowest BCUT2D eigenvalue weighted by Gasteiger charge is -2.49. The van der Waals surface area contributed by atoms with Crippen LogP contribution in [0.25, 0.3) is 0 Å². The van der Waals surface area contributed by atoms with Crippen molar-refractivity contribution in [2.75, 3.05) is 36.5 Å². The molecule has 0 aliphatic carbocycles. The van der Waals surface area contributed by atoms with E-state index in [9.17, 15) is 4.79 Å². The van der Waals surface area contributed by atoms with Crippen molar-refractivity contribution in [2.45, 2.75) is 32.0 Å². The molecule has 28 heavy (non-hydrogen) atoms. The van der Waals surface area contributed by atoms with E-state index in [2.05, 4.69) is 55.9 Å². The third kappa shape index (κ3) is 3.81. The van der Waals surface area contributed by atoms with Gasteiger partial charge in [0.25, 0.3) is 5.56 Å². The van der Waals surface area contributed by atoms with Crippen molar-refractivity contribution < 1.29 is 4.74 Å². The van der Waals surface area contributed by atoms with Gasteiger partial charge in [-0.1, -0.05) is 0 Å². The molecule has 0 spiro atoms. The molecule has 2 aromatic heterocycles. The number of anilines is 3. The van der Waals surface area contributed by atoms with Crippen molar-refractivity contribution in [1.29, 1.82) is 0 Å². The van der Waals surface area contributed by atoms with Gasteiger partial charge in [-0.15, -0.1) is 0 Å². The fraction of sp³-hybridized carbons (Fsp3) is 0.500. The first-order valence-electron chi connectivity index (χ1n) is 9.62. The van der Waals surface area contributed by atoms with Gasteiger partial charge in [0.1, 0.15) is 11.5 Å². The fourth-order valence-electron chi connectivity index (χ4n) is 4.12. The Hall–Kier alpha value is -1.90. The lowest BCUT2D eigenvalue weighted by molar-refractivity contribution is -0.0726. The number of halogens is 1. The molecule has 2 aliphatic rings. The smallest absolute Gasteiger partial charge is 0.274 e. The molecule has 8 heteroatoms. The standard InChI is InChI=1S/C20H26BrN5O2/c1-13-8-25(17-11-28-12-17)9-14(2)26(13)16-4-5-19(22-7-16)23-18-6-15(21)10-24(3)20(18)27/h4-7,10,13-14,17H,8-9,11-12H2,1-3H3,(H,22,23)/t13-,14+. The molecule has 1 N–H and O–H groups in total. The summed E-state index contributed by atoms with van der Waals surface area (Å²) in [6, 6.07) is 7.16. The normalized spacial score (nSPS) is 23.5. The Labute approximate surface area is 173 Å². The zero-order chi connectivity index (χ0) is 19.8. The summed E-state index contributed by atoms with van der Waals surface area (Å²) in [7, 11) is 1.73. The molecule has 7 nitrogen and oxygen atoms in total. The first kappa shape index (κ1) is 19.4. The van der Waals surface area contributed by atoms with Crippen LogP contribution in [0.5, 0.6) is 0 Å². The molecule has 0 amide bonds. The Balaban J connectivity index is 1.48. The molecule has 0 aromatic carbocycles. The molecular weight excluding hydrogens is 422 g/mol. The minimum Gasteiger partial charge on any atom is -0.378 e. The number of nitrogens with one attached hydrogen (secondary N) is 1. The third-order valence-corrected chi connectivity index (χ3v) is 5.98. The van der Waals surface area contributed by atoms with Gasteiger partial charge in [0.2, 0.25) is 0 Å². The van der Waals surface area contributed by atoms with Gasteiger partial charge in [0.05, 0.1) is 31.1 Å². The van der Waals surface area contributed by atoms with Crippen LogP contribution < -0.4 is 15.8 Å². The van der Waals surface area contributed by atoms with Gasteiger partial charge >= 0.3 is 0 Å². The number of hydrogen-bond acceptors (Lipinski definition) is 6. The van der Waals surface area contributed by atoms with Crippen LogP contribution in [0.2, 0.25) is 0 Å². The second-order valence-corrected chi connectivity index (χ2v) is 8.68. The first-order chi connectivity index (χ1) is 13.4. The van der Waals surface area contributed by atoms with Gasteiger partial charge in [-0.25, -0.2) is 4.98 Å². The van der Waals surface area contributed by atoms with Gasteiger partial charge in [0.15, 0.2) is 0 Å². The molecule has 150 valence electrons. The molecule has 0 bridgehead atoms. The van der Waals surface area contributed by atoms with Gasteiger partial charge in [-0.3, -0.25) is 9.69 Å². The monoisotopic (exact) mass is 447 g/mol. The molecule has 4 rings (SSSR count). The van der Waals surface area contributed by atoms with E-state index in [0.717, 1.165) is 36.5 Å². The average molecular weight is 448 g/mol. The molecule has 0 saturated carbocycles. The van der Waals surface area contributed by atoms with Gasteiger partial charge in [-0.05, 0) is 48.0 Å². The average Bonchev–Trinajstić information content (AvgIpc) is 2.58. The van der Waals surface area contributed by atoms with Crippen LogP contribution in [-0.2, 0) is 11.8 Å². The minimum atomic E-state index is -0.0904. The number of piperazine rings is 1. The van der Waals surface area contributed by atoms with Crippen LogP contribution in [0.3, 0.4) is 0 Å². The van der Waals surface area contributed by atoms with E-state index in [-0.39, 0.29) is 5.56 Å². The summed E-state index contributed by atoms with van der Waals surface area (Å²) in [5, 5.41) is 3.13. The lowest BCUT2D eigenvalue weighted by atomic mass is 10.0. The first-order valence-corrected chi connectivity index (χ1v) is 10.4. The fourth-order valence-corrected chi connectivity index (χ4v) is 4.65. The zero-order valence-corrected chi connectivity index (χ0v) is 18.0. The number of aryl methyl sites for hydroxylation is 1. The lowest BCUT2D eigenvalue weighted by Crippen LogP contribution is -2.62. The van der Waals surface area contributed by atoms with Crippen LogP contribution in [0.4, 0.5) is 17.2 Å². The molecule has 2 aromatic rings. The van der Waals surface area contributed by atoms with E-state index in [4.69, 9.17) is 4.74 Å². The van der Waals surface area contributed by atoms with Crippen molar-refractivity contribution in [2.24, 2.45) is 7.05 Å². The predicted molar refractivity (Wildman–Crippen MR) is 114 cm³/mol. The number of aromatic nitrogens is 2. The summed E-state index contributed by atoms with van der Waals surface area (Å²) >= 11 is 3.42. The maximum Gasteiger partial charge on any atom is 0.274 e. The van der Waals surface area contributed by atoms with E-state index in [1.54, 1.807) is 19.3 Å². The second kappa shape index (κ2) is 7.85. The van der Waals surface area contributed by atoms with E-state index in [1.165, 1.54) is 4.57 Å². The Morgan fingerprint density at radius 2 is 1.93 bits per heavy atom. The molecule has 0 unspecified atom stereocenters. The van der Waals surface area contributed by atoms with Crippen LogP contribution >= 0.6 is 15.9 Å². The maximum atomic E-state index is 12.3. The number of hydrogen-bond donors (Lipinski definition) is 1. The highest BCUT2D eigenvalue weighted by Gasteiger charge is 2.35. The number of nitrogens with zero attached hydrogens (tertiary/aromatic N) is 4. The molecule has 2 aliphatic heterocycles. The van der Waals surface area contributed by atoms with Crippen molar-refractivity contribution >= 4 is 33.1 Å². The summed E-state index contributed by atoms with van der Waals surface area (Å²) in [4.78, 5) is 21.8. The Kier molecular flexibility index (Phi) is 5.44. The van der Waals surface area contributed by atoms with E-state index < -0.39 is 0 Å². The minimum absolute atomic E-state index is 0.0904. The van der Waals surface area contributed by atoms with Gasteiger partial charge in [-0.2, -0.15) is 0 Å². The highest BCUT2D eigenvalue weighted by atomic mass is 79.9. The van der Waals surface area contributed by atoms with E-state index in [1.807, 2.05) is 12.3 Å². The summed E-state index contributed by atoms with van der Waals surface area (Å²) < 4.78 is 7.73. The van der Waals surface area contributed by atoms with Crippen LogP contribution in [0.1, 0.15) is 13.8 Å². The van der Waals surface area contributed by atoms with Crippen LogP contribution in [-0.4, -0.2) is 58.9 Å². The molecule has 2 saturated heterocycles. The Morgan fingerprint density at radius 1 is 1.21 bits per heavy atom. The van der Waals surface area contributed by atoms with Gasteiger partial charge in [0, 0.05) is 42.9 Å². The van der Waals surface area contributed by atoms with Crippen molar-refractivity contribution in [3.63, 3.8) is 0 Å². The summed E-state index contributed by atoms with van der Waals surface area (Å²) in [5.74, 6) is 0.657. The van der Waals surface area contributed by atoms with Crippen LogP contribution in [0, 0.1) is 0 Å². The summed E-state index contributed by atoms with van der Waals surface area (Å²) in [6.45, 7) is 8.31. The molecule has 4 heterocycles. The van der Waals surface area contributed by atoms with Gasteiger partial charge < -0.3 is 19.5 Å². The van der Waals surface area contributed by atoms with E-state index in [0.29, 0.717) is 29.6 Å². The molecule has 0 radical (unpaired) electrons. The maximum absolute atomic E-state index is 12.3. The largest absolute Gasteiger partial charge is 0.378 e. The number of ether oxygens (including phenoxy) is 1. The summed E-state index contributed by atoms with van der Waals surface area (Å²) in [5.41, 5.74) is 1.51. The van der Waals surface area contributed by atoms with Crippen molar-refractivity contribution in [1.82, 2.24) is 14.5 Å². The van der Waals surface area contributed by atoms with Crippen molar-refractivity contribution in [3.8, 4) is 0 Å². The van der Waals surface area contributed by atoms with E-state index >= 15 is 0 Å². The molecular formula is C20H26BrN5O2. The number of pyridine rings is 2. The SMILES string of the molecule is C[C@@H]1CN(C2COC2)C[C@H](C)N1c1ccc(Nc2cc(Br)cn(C)c2=O)nc1. The molecule has 2 fully saturated rings. The highest BCUT2D eigenvalue weighted by molar-refractivity contribution is 9.10. The predicted octanol–water partition coefficient (Wildman–Crippen LogP) is 2.58. The van der Waals surface area contributed by atoms with Crippen molar-refractivity contribution in [3.05, 3.63) is 45.4 Å².